The Morgan fingerprint density at radius 1 is 0.912 bits per heavy atom. The lowest BCUT2D eigenvalue weighted by molar-refractivity contribution is -0.384. The first kappa shape index (κ1) is 23.3. The molecule has 7 nitrogen and oxygen atoms in total. The first-order valence-electron chi connectivity index (χ1n) is 10.7. The van der Waals surface area contributed by atoms with Gasteiger partial charge in [-0.05, 0) is 41.5 Å². The fourth-order valence-corrected chi connectivity index (χ4v) is 4.23. The largest absolute Gasteiger partial charge is 0.496 e. The van der Waals surface area contributed by atoms with Gasteiger partial charge >= 0.3 is 0 Å². The van der Waals surface area contributed by atoms with E-state index in [1.54, 1.807) is 29.2 Å². The summed E-state index contributed by atoms with van der Waals surface area (Å²) in [5, 5.41) is 11.2. The summed E-state index contributed by atoms with van der Waals surface area (Å²) in [7, 11) is 1.41. The number of ether oxygens (including phenoxy) is 1. The molecule has 0 radical (unpaired) electrons. The molecule has 0 aromatic heterocycles. The molecule has 0 N–H and O–H groups in total. The van der Waals surface area contributed by atoms with Crippen LogP contribution < -0.4 is 4.74 Å². The minimum absolute atomic E-state index is 0.138. The molecule has 0 bridgehead atoms. The quantitative estimate of drug-likeness (QED) is 0.396. The van der Waals surface area contributed by atoms with E-state index in [9.17, 15) is 23.7 Å². The van der Waals surface area contributed by atoms with Crippen molar-refractivity contribution in [2.24, 2.45) is 0 Å². The van der Waals surface area contributed by atoms with Crippen molar-refractivity contribution in [1.82, 2.24) is 9.80 Å². The SMILES string of the molecule is COc1ccc([N+](=O)[O-])cc1C(=O)N1CCN(C(c2ccc(F)cc2)c2ccc(F)cc2)CC1. The Labute approximate surface area is 195 Å². The molecule has 0 saturated carbocycles. The third-order valence-electron chi connectivity index (χ3n) is 5.96. The highest BCUT2D eigenvalue weighted by molar-refractivity contribution is 5.97. The Morgan fingerprint density at radius 2 is 1.44 bits per heavy atom. The maximum Gasteiger partial charge on any atom is 0.270 e. The molecule has 1 amide bonds. The maximum absolute atomic E-state index is 13.5. The molecule has 1 heterocycles. The van der Waals surface area contributed by atoms with Crippen molar-refractivity contribution >= 4 is 11.6 Å². The van der Waals surface area contributed by atoms with Gasteiger partial charge in [0.15, 0.2) is 0 Å². The zero-order chi connectivity index (χ0) is 24.2. The summed E-state index contributed by atoms with van der Waals surface area (Å²) < 4.78 is 32.3. The number of benzene rings is 3. The van der Waals surface area contributed by atoms with Crippen molar-refractivity contribution in [2.45, 2.75) is 6.04 Å². The van der Waals surface area contributed by atoms with E-state index in [4.69, 9.17) is 4.74 Å². The number of carbonyl (C=O) groups excluding carboxylic acids is 1. The van der Waals surface area contributed by atoms with Crippen molar-refractivity contribution < 1.29 is 23.2 Å². The van der Waals surface area contributed by atoms with Gasteiger partial charge in [-0.3, -0.25) is 19.8 Å². The molecule has 0 atom stereocenters. The van der Waals surface area contributed by atoms with Crippen LogP contribution in [0.2, 0.25) is 0 Å². The molecule has 1 saturated heterocycles. The zero-order valence-electron chi connectivity index (χ0n) is 18.5. The Kier molecular flexibility index (Phi) is 6.83. The van der Waals surface area contributed by atoms with Crippen LogP contribution in [-0.2, 0) is 0 Å². The molecule has 1 fully saturated rings. The van der Waals surface area contributed by atoms with E-state index in [0.29, 0.717) is 26.2 Å². The molecule has 9 heteroatoms. The van der Waals surface area contributed by atoms with E-state index in [2.05, 4.69) is 4.90 Å². The Hall–Kier alpha value is -3.85. The van der Waals surface area contributed by atoms with E-state index in [0.717, 1.165) is 11.1 Å². The van der Waals surface area contributed by atoms with Crippen molar-refractivity contribution in [3.63, 3.8) is 0 Å². The Balaban J connectivity index is 1.55. The van der Waals surface area contributed by atoms with Crippen molar-refractivity contribution in [3.8, 4) is 5.75 Å². The number of nitro groups is 1. The van der Waals surface area contributed by atoms with E-state index < -0.39 is 4.92 Å². The van der Waals surface area contributed by atoms with Gasteiger partial charge in [0.25, 0.3) is 11.6 Å². The van der Waals surface area contributed by atoms with Gasteiger partial charge in [0.1, 0.15) is 17.4 Å². The van der Waals surface area contributed by atoms with Crippen LogP contribution in [0.25, 0.3) is 0 Å². The van der Waals surface area contributed by atoms with Crippen LogP contribution in [-0.4, -0.2) is 53.9 Å². The van der Waals surface area contributed by atoms with Crippen LogP contribution in [0.15, 0.2) is 66.7 Å². The highest BCUT2D eigenvalue weighted by atomic mass is 19.1. The summed E-state index contributed by atoms with van der Waals surface area (Å²) >= 11 is 0. The molecule has 4 rings (SSSR count). The summed E-state index contributed by atoms with van der Waals surface area (Å²) in [5.41, 5.74) is 1.66. The van der Waals surface area contributed by atoms with Crippen molar-refractivity contribution in [2.75, 3.05) is 33.3 Å². The predicted molar refractivity (Wildman–Crippen MR) is 122 cm³/mol. The fourth-order valence-electron chi connectivity index (χ4n) is 4.23. The van der Waals surface area contributed by atoms with Crippen LogP contribution in [0.3, 0.4) is 0 Å². The summed E-state index contributed by atoms with van der Waals surface area (Å²) in [6.45, 7) is 1.76. The number of hydrogen-bond acceptors (Lipinski definition) is 5. The number of nitrogens with zero attached hydrogens (tertiary/aromatic N) is 3. The molecule has 34 heavy (non-hydrogen) atoms. The summed E-state index contributed by atoms with van der Waals surface area (Å²) in [6, 6.07) is 16.1. The molecule has 176 valence electrons. The number of hydrogen-bond donors (Lipinski definition) is 0. The smallest absolute Gasteiger partial charge is 0.270 e. The van der Waals surface area contributed by atoms with Crippen LogP contribution in [0, 0.1) is 21.7 Å². The Bertz CT molecular complexity index is 1130. The topological polar surface area (TPSA) is 75.9 Å². The number of piperazine rings is 1. The molecule has 3 aromatic carbocycles. The highest BCUT2D eigenvalue weighted by Gasteiger charge is 2.30. The van der Waals surface area contributed by atoms with Gasteiger partial charge < -0.3 is 9.64 Å². The monoisotopic (exact) mass is 467 g/mol. The minimum Gasteiger partial charge on any atom is -0.496 e. The summed E-state index contributed by atoms with van der Waals surface area (Å²) in [4.78, 5) is 27.6. The average Bonchev–Trinajstić information content (AvgIpc) is 2.86. The molecule has 1 aliphatic rings. The van der Waals surface area contributed by atoms with Gasteiger partial charge in [-0.2, -0.15) is 0 Å². The standard InChI is InChI=1S/C25H23F2N3O4/c1-34-23-11-10-21(30(32)33)16-22(23)25(31)29-14-12-28(13-15-29)24(17-2-6-19(26)7-3-17)18-4-8-20(27)9-5-18/h2-11,16,24H,12-15H2,1H3. The second-order valence-electron chi connectivity index (χ2n) is 7.98. The van der Waals surface area contributed by atoms with Crippen LogP contribution in [0.5, 0.6) is 5.75 Å². The number of rotatable bonds is 6. The van der Waals surface area contributed by atoms with Gasteiger partial charge in [-0.25, -0.2) is 8.78 Å². The molecular formula is C25H23F2N3O4. The number of nitro benzene ring substituents is 1. The maximum atomic E-state index is 13.5. The van der Waals surface area contributed by atoms with Gasteiger partial charge in [-0.1, -0.05) is 24.3 Å². The first-order valence-corrected chi connectivity index (χ1v) is 10.7. The van der Waals surface area contributed by atoms with Gasteiger partial charge in [-0.15, -0.1) is 0 Å². The minimum atomic E-state index is -0.551. The lowest BCUT2D eigenvalue weighted by Crippen LogP contribution is -2.50. The molecular weight excluding hydrogens is 444 g/mol. The summed E-state index contributed by atoms with van der Waals surface area (Å²) in [6.07, 6.45) is 0. The number of halogens is 2. The molecule has 0 unspecified atom stereocenters. The predicted octanol–water partition coefficient (Wildman–Crippen LogP) is 4.43. The second-order valence-corrected chi connectivity index (χ2v) is 7.98. The Morgan fingerprint density at radius 3 is 1.91 bits per heavy atom. The van der Waals surface area contributed by atoms with E-state index in [1.807, 2.05) is 0 Å². The third kappa shape index (κ3) is 4.89. The van der Waals surface area contributed by atoms with E-state index in [-0.39, 0.29) is 40.6 Å². The number of non-ortho nitro benzene ring substituents is 1. The van der Waals surface area contributed by atoms with Crippen molar-refractivity contribution in [1.29, 1.82) is 0 Å². The fraction of sp³-hybridized carbons (Fsp3) is 0.240. The summed E-state index contributed by atoms with van der Waals surface area (Å²) in [5.74, 6) is -0.764. The zero-order valence-corrected chi connectivity index (χ0v) is 18.5. The van der Waals surface area contributed by atoms with Gasteiger partial charge in [0.05, 0.1) is 23.6 Å². The van der Waals surface area contributed by atoms with Crippen LogP contribution >= 0.6 is 0 Å². The second kappa shape index (κ2) is 9.96. The average molecular weight is 467 g/mol. The van der Waals surface area contributed by atoms with E-state index in [1.165, 1.54) is 49.6 Å². The van der Waals surface area contributed by atoms with Gasteiger partial charge in [0.2, 0.25) is 0 Å². The van der Waals surface area contributed by atoms with E-state index >= 15 is 0 Å². The molecule has 0 aliphatic carbocycles. The molecule has 3 aromatic rings. The van der Waals surface area contributed by atoms with Crippen molar-refractivity contribution in [3.05, 3.63) is 105 Å². The van der Waals surface area contributed by atoms with Crippen LogP contribution in [0.1, 0.15) is 27.5 Å². The number of carbonyl (C=O) groups is 1. The number of methoxy groups -OCH3 is 1. The lowest BCUT2D eigenvalue weighted by Gasteiger charge is -2.40. The molecule has 0 spiro atoms. The first-order chi connectivity index (χ1) is 16.4. The number of amides is 1. The van der Waals surface area contributed by atoms with Gasteiger partial charge in [0, 0.05) is 38.3 Å². The third-order valence-corrected chi connectivity index (χ3v) is 5.96. The normalized spacial score (nSPS) is 14.3. The highest BCUT2D eigenvalue weighted by Crippen LogP contribution is 2.31. The molecule has 1 aliphatic heterocycles. The lowest BCUT2D eigenvalue weighted by atomic mass is 9.96. The van der Waals surface area contributed by atoms with Crippen LogP contribution in [0.4, 0.5) is 14.5 Å².